The number of pyridine rings is 1. The minimum atomic E-state index is 0.424. The average molecular weight is 380 g/mol. The topological polar surface area (TPSA) is 88.7 Å². The first-order valence-corrected chi connectivity index (χ1v) is 8.99. The molecule has 0 spiro atoms. The number of nitrogens with one attached hydrogen (secondary N) is 1. The number of guanidine groups is 1. The van der Waals surface area contributed by atoms with Gasteiger partial charge < -0.3 is 19.5 Å². The summed E-state index contributed by atoms with van der Waals surface area (Å²) in [5.74, 6) is 2.68. The van der Waals surface area contributed by atoms with Crippen molar-refractivity contribution in [1.82, 2.24) is 25.3 Å². The minimum Gasteiger partial charge on any atom is -0.496 e. The van der Waals surface area contributed by atoms with Crippen LogP contribution in [0.15, 0.2) is 58.2 Å². The first kappa shape index (κ1) is 19.3. The van der Waals surface area contributed by atoms with Crippen LogP contribution in [0.5, 0.6) is 5.75 Å². The molecule has 28 heavy (non-hydrogen) atoms. The lowest BCUT2D eigenvalue weighted by Gasteiger charge is -2.22. The highest BCUT2D eigenvalue weighted by Gasteiger charge is 2.12. The molecule has 0 atom stereocenters. The number of aliphatic imine (C=N–C) groups is 1. The molecule has 3 rings (SSSR count). The molecule has 0 radical (unpaired) electrons. The van der Waals surface area contributed by atoms with Crippen LogP contribution in [0, 0.1) is 0 Å². The van der Waals surface area contributed by atoms with Crippen LogP contribution >= 0.6 is 0 Å². The summed E-state index contributed by atoms with van der Waals surface area (Å²) in [5.41, 5.74) is 1.76. The third kappa shape index (κ3) is 4.85. The van der Waals surface area contributed by atoms with E-state index in [0.29, 0.717) is 36.9 Å². The zero-order valence-electron chi connectivity index (χ0n) is 16.3. The van der Waals surface area contributed by atoms with Crippen molar-refractivity contribution in [2.45, 2.75) is 13.0 Å². The van der Waals surface area contributed by atoms with E-state index in [1.807, 2.05) is 54.4 Å². The minimum absolute atomic E-state index is 0.424. The zero-order chi connectivity index (χ0) is 19.8. The molecular formula is C20H24N6O2. The Balaban J connectivity index is 1.54. The van der Waals surface area contributed by atoms with E-state index >= 15 is 0 Å². The van der Waals surface area contributed by atoms with Crippen molar-refractivity contribution in [3.63, 3.8) is 0 Å². The van der Waals surface area contributed by atoms with Gasteiger partial charge in [0.25, 0.3) is 5.89 Å². The molecule has 146 valence electrons. The summed E-state index contributed by atoms with van der Waals surface area (Å²) in [6, 6.07) is 13.5. The molecule has 0 saturated heterocycles. The zero-order valence-corrected chi connectivity index (χ0v) is 16.3. The van der Waals surface area contributed by atoms with Gasteiger partial charge in [-0.25, -0.2) is 0 Å². The van der Waals surface area contributed by atoms with Crippen LogP contribution in [-0.2, 0) is 13.0 Å². The number of hydrogen-bond acceptors (Lipinski definition) is 6. The van der Waals surface area contributed by atoms with E-state index in [-0.39, 0.29) is 0 Å². The Bertz CT molecular complexity index is 910. The molecule has 1 aromatic carbocycles. The van der Waals surface area contributed by atoms with Crippen molar-refractivity contribution in [3.8, 4) is 17.3 Å². The van der Waals surface area contributed by atoms with Gasteiger partial charge in [0.05, 0.1) is 7.11 Å². The van der Waals surface area contributed by atoms with Crippen LogP contribution < -0.4 is 10.1 Å². The van der Waals surface area contributed by atoms with Crippen molar-refractivity contribution in [2.24, 2.45) is 4.99 Å². The molecule has 0 aliphatic rings. The van der Waals surface area contributed by atoms with Crippen LogP contribution in [0.1, 0.15) is 11.4 Å². The molecule has 0 amide bonds. The van der Waals surface area contributed by atoms with Crippen LogP contribution in [0.3, 0.4) is 0 Å². The van der Waals surface area contributed by atoms with Gasteiger partial charge in [-0.05, 0) is 18.2 Å². The first-order valence-electron chi connectivity index (χ1n) is 8.99. The molecule has 8 nitrogen and oxygen atoms in total. The molecule has 0 aliphatic heterocycles. The third-order valence-corrected chi connectivity index (χ3v) is 4.16. The van der Waals surface area contributed by atoms with E-state index in [1.165, 1.54) is 0 Å². The van der Waals surface area contributed by atoms with Gasteiger partial charge in [0, 0.05) is 45.4 Å². The van der Waals surface area contributed by atoms with E-state index in [9.17, 15) is 0 Å². The van der Waals surface area contributed by atoms with E-state index in [0.717, 1.165) is 17.3 Å². The molecule has 0 saturated carbocycles. The second-order valence-corrected chi connectivity index (χ2v) is 6.12. The summed E-state index contributed by atoms with van der Waals surface area (Å²) in [6.07, 6.45) is 2.31. The summed E-state index contributed by atoms with van der Waals surface area (Å²) >= 11 is 0. The van der Waals surface area contributed by atoms with Crippen molar-refractivity contribution in [3.05, 3.63) is 60.0 Å². The summed E-state index contributed by atoms with van der Waals surface area (Å²) < 4.78 is 10.7. The number of rotatable bonds is 7. The average Bonchev–Trinajstić information content (AvgIpc) is 3.21. The Kier molecular flexibility index (Phi) is 6.56. The summed E-state index contributed by atoms with van der Waals surface area (Å²) in [7, 11) is 5.42. The van der Waals surface area contributed by atoms with Crippen molar-refractivity contribution < 1.29 is 9.26 Å². The fraction of sp³-hybridized carbons (Fsp3) is 0.300. The molecule has 0 fully saturated rings. The number of benzene rings is 1. The van der Waals surface area contributed by atoms with Gasteiger partial charge in [-0.1, -0.05) is 29.4 Å². The lowest BCUT2D eigenvalue weighted by atomic mass is 10.2. The highest BCUT2D eigenvalue weighted by atomic mass is 16.5. The molecule has 0 bridgehead atoms. The number of hydrogen-bond donors (Lipinski definition) is 1. The lowest BCUT2D eigenvalue weighted by molar-refractivity contribution is 0.396. The molecular weight excluding hydrogens is 356 g/mol. The maximum atomic E-state index is 5.42. The summed E-state index contributed by atoms with van der Waals surface area (Å²) in [4.78, 5) is 15.0. The smallest absolute Gasteiger partial charge is 0.276 e. The maximum Gasteiger partial charge on any atom is 0.276 e. The lowest BCUT2D eigenvalue weighted by Crippen LogP contribution is -2.39. The standard InChI is InChI=1S/C20H24N6O2/c1-21-20(26(2)14-15-8-4-5-10-17(15)27-3)23-13-11-18-24-19(28-25-18)16-9-6-7-12-22-16/h4-10,12H,11,13-14H2,1-3H3,(H,21,23). The summed E-state index contributed by atoms with van der Waals surface area (Å²) in [5, 5.41) is 7.34. The fourth-order valence-corrected chi connectivity index (χ4v) is 2.78. The van der Waals surface area contributed by atoms with Gasteiger partial charge in [0.15, 0.2) is 11.8 Å². The van der Waals surface area contributed by atoms with Crippen molar-refractivity contribution in [1.29, 1.82) is 0 Å². The van der Waals surface area contributed by atoms with Gasteiger partial charge in [-0.15, -0.1) is 0 Å². The SMILES string of the molecule is CN=C(NCCc1noc(-c2ccccn2)n1)N(C)Cc1ccccc1OC. The molecule has 1 N–H and O–H groups in total. The highest BCUT2D eigenvalue weighted by Crippen LogP contribution is 2.18. The van der Waals surface area contributed by atoms with Gasteiger partial charge in [-0.2, -0.15) is 4.98 Å². The van der Waals surface area contributed by atoms with Gasteiger partial charge in [0.2, 0.25) is 0 Å². The molecule has 0 aliphatic carbocycles. The molecule has 0 unspecified atom stereocenters. The van der Waals surface area contributed by atoms with Crippen LogP contribution in [0.2, 0.25) is 0 Å². The van der Waals surface area contributed by atoms with Crippen LogP contribution in [0.4, 0.5) is 0 Å². The Hall–Kier alpha value is -3.42. The molecule has 3 aromatic rings. The van der Waals surface area contributed by atoms with Gasteiger partial charge >= 0.3 is 0 Å². The van der Waals surface area contributed by atoms with Crippen molar-refractivity contribution >= 4 is 5.96 Å². The summed E-state index contributed by atoms with van der Waals surface area (Å²) in [6.45, 7) is 1.31. The van der Waals surface area contributed by atoms with Crippen LogP contribution in [-0.4, -0.2) is 53.7 Å². The second kappa shape index (κ2) is 9.50. The molecule has 2 heterocycles. The highest BCUT2D eigenvalue weighted by molar-refractivity contribution is 5.79. The Morgan fingerprint density at radius 2 is 2.04 bits per heavy atom. The molecule has 8 heteroatoms. The maximum absolute atomic E-state index is 5.42. The quantitative estimate of drug-likeness (QED) is 0.497. The van der Waals surface area contributed by atoms with Crippen molar-refractivity contribution in [2.75, 3.05) is 27.7 Å². The Labute approximate surface area is 164 Å². The first-order chi connectivity index (χ1) is 13.7. The third-order valence-electron chi connectivity index (χ3n) is 4.16. The van der Waals surface area contributed by atoms with Gasteiger partial charge in [0.1, 0.15) is 11.4 Å². The second-order valence-electron chi connectivity index (χ2n) is 6.12. The van der Waals surface area contributed by atoms with E-state index < -0.39 is 0 Å². The van der Waals surface area contributed by atoms with E-state index in [1.54, 1.807) is 20.4 Å². The largest absolute Gasteiger partial charge is 0.496 e. The number of methoxy groups -OCH3 is 1. The normalized spacial score (nSPS) is 11.3. The number of para-hydroxylation sites is 1. The van der Waals surface area contributed by atoms with Gasteiger partial charge in [-0.3, -0.25) is 9.98 Å². The predicted octanol–water partition coefficient (Wildman–Crippen LogP) is 2.39. The number of aromatic nitrogens is 3. The van der Waals surface area contributed by atoms with Crippen LogP contribution in [0.25, 0.3) is 11.6 Å². The Morgan fingerprint density at radius 3 is 2.79 bits per heavy atom. The number of nitrogens with zero attached hydrogens (tertiary/aromatic N) is 5. The van der Waals surface area contributed by atoms with E-state index in [2.05, 4.69) is 25.4 Å². The Morgan fingerprint density at radius 1 is 1.21 bits per heavy atom. The predicted molar refractivity (Wildman–Crippen MR) is 107 cm³/mol. The fourth-order valence-electron chi connectivity index (χ4n) is 2.78. The monoisotopic (exact) mass is 380 g/mol. The number of ether oxygens (including phenoxy) is 1. The molecule has 2 aromatic heterocycles. The van der Waals surface area contributed by atoms with E-state index in [4.69, 9.17) is 9.26 Å².